The van der Waals surface area contributed by atoms with Crippen LogP contribution in [0.4, 0.5) is 4.79 Å². The first-order valence-electron chi connectivity index (χ1n) is 7.21. The van der Waals surface area contributed by atoms with Gasteiger partial charge in [0.25, 0.3) is 0 Å². The molecule has 2 unspecified atom stereocenters. The van der Waals surface area contributed by atoms with E-state index in [-0.39, 0.29) is 18.6 Å². The fourth-order valence-corrected chi connectivity index (χ4v) is 2.77. The molecule has 0 aromatic rings. The SMILES string of the molecule is CC1CCC(CNC(=O)NC2CC2C)(C(=O)O)CC1. The molecule has 0 aromatic carbocycles. The summed E-state index contributed by atoms with van der Waals surface area (Å²) in [5.74, 6) is 0.364. The Labute approximate surface area is 114 Å². The van der Waals surface area contributed by atoms with Gasteiger partial charge in [0, 0.05) is 12.6 Å². The van der Waals surface area contributed by atoms with Crippen molar-refractivity contribution >= 4 is 12.0 Å². The van der Waals surface area contributed by atoms with Crippen molar-refractivity contribution in [3.8, 4) is 0 Å². The van der Waals surface area contributed by atoms with Crippen LogP contribution in [0.3, 0.4) is 0 Å². The number of hydrogen-bond acceptors (Lipinski definition) is 2. The van der Waals surface area contributed by atoms with Crippen LogP contribution in [0.15, 0.2) is 0 Å². The van der Waals surface area contributed by atoms with E-state index in [9.17, 15) is 14.7 Å². The minimum absolute atomic E-state index is 0.228. The summed E-state index contributed by atoms with van der Waals surface area (Å²) in [4.78, 5) is 23.2. The highest BCUT2D eigenvalue weighted by Gasteiger charge is 2.42. The molecule has 0 heterocycles. The second kappa shape index (κ2) is 5.39. The molecule has 0 aliphatic heterocycles. The Hall–Kier alpha value is -1.26. The minimum Gasteiger partial charge on any atom is -0.481 e. The van der Waals surface area contributed by atoms with Crippen molar-refractivity contribution in [1.82, 2.24) is 10.6 Å². The molecule has 0 radical (unpaired) electrons. The summed E-state index contributed by atoms with van der Waals surface area (Å²) < 4.78 is 0. The van der Waals surface area contributed by atoms with Crippen LogP contribution in [0.25, 0.3) is 0 Å². The zero-order valence-electron chi connectivity index (χ0n) is 11.7. The molecule has 2 atom stereocenters. The molecule has 2 aliphatic rings. The lowest BCUT2D eigenvalue weighted by Gasteiger charge is -2.35. The summed E-state index contributed by atoms with van der Waals surface area (Å²) in [6.45, 7) is 4.48. The van der Waals surface area contributed by atoms with E-state index in [4.69, 9.17) is 0 Å². The zero-order chi connectivity index (χ0) is 14.0. The van der Waals surface area contributed by atoms with Gasteiger partial charge in [0.1, 0.15) is 0 Å². The van der Waals surface area contributed by atoms with Crippen LogP contribution in [-0.2, 0) is 4.79 Å². The van der Waals surface area contributed by atoms with E-state index in [0.29, 0.717) is 24.7 Å². The van der Waals surface area contributed by atoms with E-state index in [2.05, 4.69) is 24.5 Å². The zero-order valence-corrected chi connectivity index (χ0v) is 11.7. The number of carbonyl (C=O) groups excluding carboxylic acids is 1. The maximum absolute atomic E-state index is 11.7. The Kier molecular flexibility index (Phi) is 4.02. The Morgan fingerprint density at radius 2 is 1.84 bits per heavy atom. The number of carboxylic acid groups (broad SMARTS) is 1. The van der Waals surface area contributed by atoms with Gasteiger partial charge in [-0.2, -0.15) is 0 Å². The van der Waals surface area contributed by atoms with Crippen LogP contribution in [0, 0.1) is 17.3 Å². The van der Waals surface area contributed by atoms with Gasteiger partial charge in [-0.1, -0.05) is 13.8 Å². The molecule has 5 nitrogen and oxygen atoms in total. The van der Waals surface area contributed by atoms with E-state index in [1.807, 2.05) is 0 Å². The molecule has 3 N–H and O–H groups in total. The van der Waals surface area contributed by atoms with Crippen LogP contribution < -0.4 is 10.6 Å². The maximum Gasteiger partial charge on any atom is 0.315 e. The van der Waals surface area contributed by atoms with Gasteiger partial charge in [-0.15, -0.1) is 0 Å². The minimum atomic E-state index is -0.778. The number of nitrogens with one attached hydrogen (secondary N) is 2. The molecular formula is C14H24N2O3. The highest BCUT2D eigenvalue weighted by Crippen LogP contribution is 2.38. The third kappa shape index (κ3) is 3.39. The Morgan fingerprint density at radius 3 is 2.32 bits per heavy atom. The third-order valence-corrected chi connectivity index (χ3v) is 4.70. The summed E-state index contributed by atoms with van der Waals surface area (Å²) in [6, 6.07) is 0.0424. The van der Waals surface area contributed by atoms with Gasteiger partial charge in [-0.25, -0.2) is 4.79 Å². The molecule has 19 heavy (non-hydrogen) atoms. The topological polar surface area (TPSA) is 78.4 Å². The lowest BCUT2D eigenvalue weighted by atomic mass is 9.71. The van der Waals surface area contributed by atoms with Gasteiger partial charge in [0.15, 0.2) is 0 Å². The molecule has 2 saturated carbocycles. The van der Waals surface area contributed by atoms with Gasteiger partial charge in [-0.05, 0) is 43.9 Å². The molecule has 0 spiro atoms. The number of carboxylic acids is 1. The van der Waals surface area contributed by atoms with E-state index < -0.39 is 11.4 Å². The molecule has 2 fully saturated rings. The molecule has 5 heteroatoms. The van der Waals surface area contributed by atoms with Crippen molar-refractivity contribution in [1.29, 1.82) is 0 Å². The standard InChI is InChI=1S/C14H24N2O3/c1-9-3-5-14(6-4-9,12(17)18)8-15-13(19)16-11-7-10(11)2/h9-11H,3-8H2,1-2H3,(H,17,18)(H2,15,16,19). The van der Waals surface area contributed by atoms with Crippen molar-refractivity contribution in [2.75, 3.05) is 6.54 Å². The molecule has 0 bridgehead atoms. The van der Waals surface area contributed by atoms with Gasteiger partial charge in [0.2, 0.25) is 0 Å². The van der Waals surface area contributed by atoms with Crippen LogP contribution in [0.2, 0.25) is 0 Å². The van der Waals surface area contributed by atoms with Gasteiger partial charge in [-0.3, -0.25) is 4.79 Å². The number of aliphatic carboxylic acids is 1. The lowest BCUT2D eigenvalue weighted by Crippen LogP contribution is -2.48. The fourth-order valence-electron chi connectivity index (χ4n) is 2.77. The van der Waals surface area contributed by atoms with E-state index in [1.165, 1.54) is 0 Å². The van der Waals surface area contributed by atoms with Crippen molar-refractivity contribution in [3.05, 3.63) is 0 Å². The molecule has 2 aliphatic carbocycles. The first-order valence-corrected chi connectivity index (χ1v) is 7.21. The second-order valence-electron chi connectivity index (χ2n) is 6.41. The molecule has 2 rings (SSSR count). The van der Waals surface area contributed by atoms with Crippen LogP contribution in [-0.4, -0.2) is 29.7 Å². The Balaban J connectivity index is 1.83. The number of urea groups is 1. The summed E-state index contributed by atoms with van der Waals surface area (Å²) >= 11 is 0. The third-order valence-electron chi connectivity index (χ3n) is 4.70. The predicted octanol–water partition coefficient (Wildman–Crippen LogP) is 1.98. The highest BCUT2D eigenvalue weighted by molar-refractivity contribution is 5.78. The highest BCUT2D eigenvalue weighted by atomic mass is 16.4. The average Bonchev–Trinajstić information content (AvgIpc) is 3.04. The molecular weight excluding hydrogens is 244 g/mol. The quantitative estimate of drug-likeness (QED) is 0.729. The normalized spacial score (nSPS) is 37.5. The molecule has 2 amide bonds. The number of carbonyl (C=O) groups is 2. The molecule has 0 aromatic heterocycles. The summed E-state index contributed by atoms with van der Waals surface area (Å²) in [5.41, 5.74) is -0.765. The largest absolute Gasteiger partial charge is 0.481 e. The van der Waals surface area contributed by atoms with Crippen LogP contribution >= 0.6 is 0 Å². The summed E-state index contributed by atoms with van der Waals surface area (Å²) in [5, 5.41) is 15.1. The Bertz CT molecular complexity index is 362. The van der Waals surface area contributed by atoms with E-state index >= 15 is 0 Å². The first-order chi connectivity index (χ1) is 8.93. The predicted molar refractivity (Wildman–Crippen MR) is 71.8 cm³/mol. The lowest BCUT2D eigenvalue weighted by molar-refractivity contribution is -0.151. The first kappa shape index (κ1) is 14.2. The second-order valence-corrected chi connectivity index (χ2v) is 6.41. The van der Waals surface area contributed by atoms with Crippen molar-refractivity contribution in [3.63, 3.8) is 0 Å². The maximum atomic E-state index is 11.7. The average molecular weight is 268 g/mol. The number of rotatable bonds is 4. The van der Waals surface area contributed by atoms with Crippen molar-refractivity contribution in [2.24, 2.45) is 17.3 Å². The van der Waals surface area contributed by atoms with Crippen molar-refractivity contribution < 1.29 is 14.7 Å². The van der Waals surface area contributed by atoms with Gasteiger partial charge in [0.05, 0.1) is 5.41 Å². The van der Waals surface area contributed by atoms with E-state index in [0.717, 1.165) is 19.3 Å². The smallest absolute Gasteiger partial charge is 0.315 e. The van der Waals surface area contributed by atoms with Crippen molar-refractivity contribution in [2.45, 2.75) is 52.0 Å². The molecule has 0 saturated heterocycles. The summed E-state index contributed by atoms with van der Waals surface area (Å²) in [7, 11) is 0. The van der Waals surface area contributed by atoms with E-state index in [1.54, 1.807) is 0 Å². The number of amides is 2. The Morgan fingerprint density at radius 1 is 1.26 bits per heavy atom. The fraction of sp³-hybridized carbons (Fsp3) is 0.857. The van der Waals surface area contributed by atoms with Gasteiger partial charge >= 0.3 is 12.0 Å². The number of hydrogen-bond donors (Lipinski definition) is 3. The summed E-state index contributed by atoms with van der Waals surface area (Å²) in [6.07, 6.45) is 4.19. The molecule has 108 valence electrons. The van der Waals surface area contributed by atoms with Crippen LogP contribution in [0.5, 0.6) is 0 Å². The monoisotopic (exact) mass is 268 g/mol. The van der Waals surface area contributed by atoms with Crippen LogP contribution in [0.1, 0.15) is 46.0 Å². The van der Waals surface area contributed by atoms with Gasteiger partial charge < -0.3 is 15.7 Å².